The second-order valence-corrected chi connectivity index (χ2v) is 5.02. The number of carbonyl (C=O) groups excluding carboxylic acids is 1. The molecule has 0 aliphatic carbocycles. The van der Waals surface area contributed by atoms with Gasteiger partial charge in [-0.1, -0.05) is 6.92 Å². The van der Waals surface area contributed by atoms with Crippen LogP contribution < -0.4 is 10.6 Å². The summed E-state index contributed by atoms with van der Waals surface area (Å²) in [4.78, 5) is 14.0. The lowest BCUT2D eigenvalue weighted by molar-refractivity contribution is 0.0601. The van der Waals surface area contributed by atoms with Crippen molar-refractivity contribution in [3.63, 3.8) is 0 Å². The van der Waals surface area contributed by atoms with Gasteiger partial charge in [0.05, 0.1) is 24.0 Å². The van der Waals surface area contributed by atoms with Gasteiger partial charge in [0, 0.05) is 12.6 Å². The molecule has 1 unspecified atom stereocenters. The van der Waals surface area contributed by atoms with Crippen LogP contribution in [0.1, 0.15) is 43.0 Å². The zero-order valence-electron chi connectivity index (χ0n) is 11.7. The van der Waals surface area contributed by atoms with Gasteiger partial charge in [-0.15, -0.1) is 0 Å². The second-order valence-electron chi connectivity index (χ2n) is 5.02. The molecule has 19 heavy (non-hydrogen) atoms. The van der Waals surface area contributed by atoms with Crippen molar-refractivity contribution in [2.75, 3.05) is 24.3 Å². The molecule has 1 aromatic carbocycles. The molecule has 0 radical (unpaired) electrons. The van der Waals surface area contributed by atoms with Crippen molar-refractivity contribution in [1.29, 1.82) is 0 Å². The molecule has 4 nitrogen and oxygen atoms in total. The number of anilines is 2. The van der Waals surface area contributed by atoms with Crippen LogP contribution in [0.5, 0.6) is 0 Å². The molecule has 1 aromatic rings. The number of piperidine rings is 1. The van der Waals surface area contributed by atoms with E-state index in [2.05, 4.69) is 11.8 Å². The van der Waals surface area contributed by atoms with Crippen LogP contribution in [-0.4, -0.2) is 25.7 Å². The third kappa shape index (κ3) is 2.83. The molecule has 1 aliphatic heterocycles. The van der Waals surface area contributed by atoms with Crippen molar-refractivity contribution in [1.82, 2.24) is 0 Å². The highest BCUT2D eigenvalue weighted by molar-refractivity contribution is 5.92. The first-order valence-electron chi connectivity index (χ1n) is 6.91. The van der Waals surface area contributed by atoms with Gasteiger partial charge in [-0.3, -0.25) is 0 Å². The summed E-state index contributed by atoms with van der Waals surface area (Å²) in [5.41, 5.74) is 8.34. The van der Waals surface area contributed by atoms with Crippen LogP contribution in [0.4, 0.5) is 11.4 Å². The van der Waals surface area contributed by atoms with Gasteiger partial charge in [0.2, 0.25) is 0 Å². The van der Waals surface area contributed by atoms with E-state index in [1.54, 1.807) is 12.1 Å². The Labute approximate surface area is 114 Å². The summed E-state index contributed by atoms with van der Waals surface area (Å²) in [7, 11) is 1.40. The fraction of sp³-hybridized carbons (Fsp3) is 0.533. The van der Waals surface area contributed by atoms with Gasteiger partial charge in [-0.25, -0.2) is 4.79 Å². The predicted octanol–water partition coefficient (Wildman–Crippen LogP) is 2.82. The lowest BCUT2D eigenvalue weighted by Gasteiger charge is -2.38. The smallest absolute Gasteiger partial charge is 0.337 e. The molecule has 1 aliphatic rings. The number of rotatable bonds is 3. The molecule has 0 spiro atoms. The van der Waals surface area contributed by atoms with E-state index in [4.69, 9.17) is 10.5 Å². The summed E-state index contributed by atoms with van der Waals surface area (Å²) in [5.74, 6) is -0.314. The van der Waals surface area contributed by atoms with E-state index in [0.717, 1.165) is 24.3 Å². The number of esters is 1. The van der Waals surface area contributed by atoms with Gasteiger partial charge < -0.3 is 15.4 Å². The van der Waals surface area contributed by atoms with Gasteiger partial charge in [-0.2, -0.15) is 0 Å². The topological polar surface area (TPSA) is 55.6 Å². The molecule has 4 heteroatoms. The maximum Gasteiger partial charge on any atom is 0.337 e. The Balaban J connectivity index is 2.34. The summed E-state index contributed by atoms with van der Waals surface area (Å²) in [6, 6.07) is 5.89. The zero-order chi connectivity index (χ0) is 13.8. The Morgan fingerprint density at radius 2 is 2.26 bits per heavy atom. The molecule has 1 saturated heterocycles. The van der Waals surface area contributed by atoms with Crippen LogP contribution in [-0.2, 0) is 4.74 Å². The van der Waals surface area contributed by atoms with Crippen LogP contribution in [0.3, 0.4) is 0 Å². The largest absolute Gasteiger partial charge is 0.465 e. The van der Waals surface area contributed by atoms with Gasteiger partial charge in [0.1, 0.15) is 0 Å². The Kier molecular flexibility index (Phi) is 4.30. The van der Waals surface area contributed by atoms with Crippen molar-refractivity contribution < 1.29 is 9.53 Å². The first-order chi connectivity index (χ1) is 9.17. The quantitative estimate of drug-likeness (QED) is 0.672. The minimum Gasteiger partial charge on any atom is -0.465 e. The fourth-order valence-electron chi connectivity index (χ4n) is 2.78. The number of nitrogen functional groups attached to an aromatic ring is 1. The predicted molar refractivity (Wildman–Crippen MR) is 77.5 cm³/mol. The molecule has 0 aromatic heterocycles. The summed E-state index contributed by atoms with van der Waals surface area (Å²) in [6.07, 6.45) is 4.74. The average molecular weight is 262 g/mol. The monoisotopic (exact) mass is 262 g/mol. The maximum absolute atomic E-state index is 11.6. The molecule has 1 atom stereocenters. The Bertz CT molecular complexity index is 459. The minimum absolute atomic E-state index is 0.314. The second kappa shape index (κ2) is 5.95. The SMILES string of the molecule is CCC1CCCCN1c1cc(C(=O)OC)ccc1N. The van der Waals surface area contributed by atoms with Gasteiger partial charge in [0.15, 0.2) is 0 Å². The maximum atomic E-state index is 11.6. The van der Waals surface area contributed by atoms with Crippen molar-refractivity contribution >= 4 is 17.3 Å². The standard InChI is InChI=1S/C15H22N2O2/c1-3-12-6-4-5-9-17(12)14-10-11(15(18)19-2)7-8-13(14)16/h7-8,10,12H,3-6,9,16H2,1-2H3. The molecule has 1 fully saturated rings. The molecule has 0 bridgehead atoms. The van der Waals surface area contributed by atoms with Crippen LogP contribution in [0.15, 0.2) is 18.2 Å². The van der Waals surface area contributed by atoms with Gasteiger partial charge in [0.25, 0.3) is 0 Å². The third-order valence-corrected chi connectivity index (χ3v) is 3.86. The number of hydrogen-bond donors (Lipinski definition) is 1. The van der Waals surface area contributed by atoms with Crippen LogP contribution in [0.2, 0.25) is 0 Å². The number of ether oxygens (including phenoxy) is 1. The summed E-state index contributed by atoms with van der Waals surface area (Å²) >= 11 is 0. The number of hydrogen-bond acceptors (Lipinski definition) is 4. The first-order valence-corrected chi connectivity index (χ1v) is 6.91. The highest BCUT2D eigenvalue weighted by Gasteiger charge is 2.23. The van der Waals surface area contributed by atoms with E-state index in [1.807, 2.05) is 6.07 Å². The lowest BCUT2D eigenvalue weighted by atomic mass is 9.98. The highest BCUT2D eigenvalue weighted by Crippen LogP contribution is 2.31. The van der Waals surface area contributed by atoms with Crippen LogP contribution >= 0.6 is 0 Å². The Morgan fingerprint density at radius 1 is 1.47 bits per heavy atom. The Hall–Kier alpha value is -1.71. The Morgan fingerprint density at radius 3 is 2.95 bits per heavy atom. The molecule has 104 valence electrons. The fourth-order valence-corrected chi connectivity index (χ4v) is 2.78. The van der Waals surface area contributed by atoms with Gasteiger partial charge in [-0.05, 0) is 43.9 Å². The highest BCUT2D eigenvalue weighted by atomic mass is 16.5. The van der Waals surface area contributed by atoms with Gasteiger partial charge >= 0.3 is 5.97 Å². The number of nitrogens with two attached hydrogens (primary N) is 1. The molecule has 2 rings (SSSR count). The lowest BCUT2D eigenvalue weighted by Crippen LogP contribution is -2.39. The van der Waals surface area contributed by atoms with E-state index < -0.39 is 0 Å². The van der Waals surface area contributed by atoms with E-state index in [1.165, 1.54) is 26.4 Å². The molecule has 0 amide bonds. The van der Waals surface area contributed by atoms with Crippen molar-refractivity contribution in [2.45, 2.75) is 38.6 Å². The average Bonchev–Trinajstić information content (AvgIpc) is 2.47. The molecular formula is C15H22N2O2. The number of carbonyl (C=O) groups is 1. The minimum atomic E-state index is -0.314. The number of nitrogens with zero attached hydrogens (tertiary/aromatic N) is 1. The molecular weight excluding hydrogens is 240 g/mol. The first kappa shape index (κ1) is 13.7. The van der Waals surface area contributed by atoms with E-state index in [9.17, 15) is 4.79 Å². The van der Waals surface area contributed by atoms with Crippen molar-refractivity contribution in [3.05, 3.63) is 23.8 Å². The number of benzene rings is 1. The summed E-state index contributed by atoms with van der Waals surface area (Å²) in [6.45, 7) is 3.21. The summed E-state index contributed by atoms with van der Waals surface area (Å²) < 4.78 is 4.77. The molecule has 0 saturated carbocycles. The van der Waals surface area contributed by atoms with E-state index >= 15 is 0 Å². The zero-order valence-corrected chi connectivity index (χ0v) is 11.7. The van der Waals surface area contributed by atoms with E-state index in [0.29, 0.717) is 11.6 Å². The number of methoxy groups -OCH3 is 1. The van der Waals surface area contributed by atoms with Crippen molar-refractivity contribution in [2.24, 2.45) is 0 Å². The van der Waals surface area contributed by atoms with Crippen LogP contribution in [0.25, 0.3) is 0 Å². The normalized spacial score (nSPS) is 19.3. The molecule has 1 heterocycles. The van der Waals surface area contributed by atoms with Crippen LogP contribution in [0, 0.1) is 0 Å². The third-order valence-electron chi connectivity index (χ3n) is 3.86. The summed E-state index contributed by atoms with van der Waals surface area (Å²) in [5, 5.41) is 0. The molecule has 2 N–H and O–H groups in total. The van der Waals surface area contributed by atoms with E-state index in [-0.39, 0.29) is 5.97 Å². The van der Waals surface area contributed by atoms with Crippen molar-refractivity contribution in [3.8, 4) is 0 Å².